The number of rotatable bonds is 2. The summed E-state index contributed by atoms with van der Waals surface area (Å²) in [5.74, 6) is -0.213. The molecule has 1 aromatic rings. The molecule has 0 bridgehead atoms. The van der Waals surface area contributed by atoms with E-state index in [1.54, 1.807) is 6.21 Å². The highest BCUT2D eigenvalue weighted by Crippen LogP contribution is 2.33. The van der Waals surface area contributed by atoms with Gasteiger partial charge in [0.15, 0.2) is 0 Å². The number of imide groups is 1. The van der Waals surface area contributed by atoms with Gasteiger partial charge in [-0.05, 0) is 29.4 Å². The molecule has 1 heterocycles. The molecule has 0 radical (unpaired) electrons. The van der Waals surface area contributed by atoms with E-state index in [4.69, 9.17) is 0 Å². The predicted octanol–water partition coefficient (Wildman–Crippen LogP) is 3.57. The molecule has 3 amide bonds. The number of carbonyl (C=O) groups is 2. The summed E-state index contributed by atoms with van der Waals surface area (Å²) in [5.41, 5.74) is 1.47. The first-order chi connectivity index (χ1) is 11.3. The Morgan fingerprint density at radius 2 is 1.71 bits per heavy atom. The van der Waals surface area contributed by atoms with Crippen molar-refractivity contribution in [2.45, 2.75) is 63.8 Å². The Morgan fingerprint density at radius 3 is 2.29 bits per heavy atom. The number of amides is 3. The molecular weight excluding hydrogens is 302 g/mol. The molecule has 1 aromatic carbocycles. The number of hydrogen-bond donors (Lipinski definition) is 1. The molecule has 1 spiro atoms. The Bertz CT molecular complexity index is 665. The number of hydrazone groups is 1. The van der Waals surface area contributed by atoms with E-state index in [1.165, 1.54) is 5.56 Å². The van der Waals surface area contributed by atoms with Gasteiger partial charge in [0, 0.05) is 0 Å². The number of nitrogens with one attached hydrogen (secondary N) is 1. The van der Waals surface area contributed by atoms with Gasteiger partial charge in [0.05, 0.1) is 6.21 Å². The van der Waals surface area contributed by atoms with Crippen LogP contribution in [0.1, 0.15) is 64.0 Å². The molecule has 0 atom stereocenters. The average molecular weight is 327 g/mol. The zero-order valence-corrected chi connectivity index (χ0v) is 14.6. The van der Waals surface area contributed by atoms with Crippen LogP contribution in [0.2, 0.25) is 0 Å². The van der Waals surface area contributed by atoms with Gasteiger partial charge >= 0.3 is 6.03 Å². The summed E-state index contributed by atoms with van der Waals surface area (Å²) in [6, 6.07) is 7.60. The highest BCUT2D eigenvalue weighted by molar-refractivity contribution is 6.07. The molecule has 128 valence electrons. The first-order valence-corrected chi connectivity index (χ1v) is 8.63. The molecule has 1 saturated carbocycles. The maximum absolute atomic E-state index is 12.6. The zero-order chi connectivity index (χ0) is 17.4. The second-order valence-corrected chi connectivity index (χ2v) is 7.81. The summed E-state index contributed by atoms with van der Waals surface area (Å²) in [4.78, 5) is 24.8. The lowest BCUT2D eigenvalue weighted by Crippen LogP contribution is -2.48. The smallest absolute Gasteiger partial charge is 0.321 e. The fourth-order valence-corrected chi connectivity index (χ4v) is 3.40. The van der Waals surface area contributed by atoms with Crippen LogP contribution in [0, 0.1) is 0 Å². The van der Waals surface area contributed by atoms with Crippen molar-refractivity contribution in [2.24, 2.45) is 5.10 Å². The molecule has 24 heavy (non-hydrogen) atoms. The van der Waals surface area contributed by atoms with Gasteiger partial charge in [-0.25, -0.2) is 4.79 Å². The highest BCUT2D eigenvalue weighted by atomic mass is 16.2. The summed E-state index contributed by atoms with van der Waals surface area (Å²) in [7, 11) is 0. The molecule has 0 aromatic heterocycles. The van der Waals surface area contributed by atoms with E-state index in [1.807, 2.05) is 12.1 Å². The number of urea groups is 1. The van der Waals surface area contributed by atoms with Crippen molar-refractivity contribution in [1.29, 1.82) is 0 Å². The quantitative estimate of drug-likeness (QED) is 0.667. The number of carbonyl (C=O) groups excluding carboxylic acids is 2. The zero-order valence-electron chi connectivity index (χ0n) is 14.6. The van der Waals surface area contributed by atoms with Crippen LogP contribution in [0.4, 0.5) is 4.79 Å². The lowest BCUT2D eigenvalue weighted by molar-refractivity contribution is -0.132. The molecule has 0 unspecified atom stereocenters. The van der Waals surface area contributed by atoms with Gasteiger partial charge in [0.25, 0.3) is 5.91 Å². The maximum Gasteiger partial charge on any atom is 0.346 e. The summed E-state index contributed by atoms with van der Waals surface area (Å²) >= 11 is 0. The van der Waals surface area contributed by atoms with Crippen LogP contribution < -0.4 is 5.32 Å². The fraction of sp³-hybridized carbons (Fsp3) is 0.526. The topological polar surface area (TPSA) is 61.8 Å². The van der Waals surface area contributed by atoms with E-state index >= 15 is 0 Å². The Hall–Kier alpha value is -2.17. The average Bonchev–Trinajstić information content (AvgIpc) is 2.76. The summed E-state index contributed by atoms with van der Waals surface area (Å²) in [6.07, 6.45) is 6.06. The van der Waals surface area contributed by atoms with E-state index in [-0.39, 0.29) is 11.3 Å². The van der Waals surface area contributed by atoms with Crippen LogP contribution >= 0.6 is 0 Å². The molecule has 3 rings (SSSR count). The Labute approximate surface area is 143 Å². The van der Waals surface area contributed by atoms with Gasteiger partial charge in [-0.3, -0.25) is 4.79 Å². The van der Waals surface area contributed by atoms with Gasteiger partial charge in [-0.15, -0.1) is 5.01 Å². The lowest BCUT2D eigenvalue weighted by atomic mass is 9.82. The van der Waals surface area contributed by atoms with Gasteiger partial charge < -0.3 is 5.32 Å². The summed E-state index contributed by atoms with van der Waals surface area (Å²) in [6.45, 7) is 6.48. The third kappa shape index (κ3) is 3.07. The van der Waals surface area contributed by atoms with E-state index in [0.29, 0.717) is 12.8 Å². The first kappa shape index (κ1) is 16.7. The first-order valence-electron chi connectivity index (χ1n) is 8.63. The molecular formula is C19H25N3O2. The Kier molecular flexibility index (Phi) is 4.20. The molecule has 5 heteroatoms. The maximum atomic E-state index is 12.6. The van der Waals surface area contributed by atoms with E-state index in [2.05, 4.69) is 43.3 Å². The highest BCUT2D eigenvalue weighted by Gasteiger charge is 2.51. The largest absolute Gasteiger partial charge is 0.346 e. The second-order valence-electron chi connectivity index (χ2n) is 7.81. The van der Waals surface area contributed by atoms with E-state index in [9.17, 15) is 9.59 Å². The number of hydrogen-bond acceptors (Lipinski definition) is 3. The van der Waals surface area contributed by atoms with Crippen LogP contribution in [-0.2, 0) is 10.2 Å². The molecule has 1 aliphatic carbocycles. The van der Waals surface area contributed by atoms with Gasteiger partial charge in [-0.2, -0.15) is 5.10 Å². The molecule has 5 nitrogen and oxygen atoms in total. The minimum absolute atomic E-state index is 0.0911. The van der Waals surface area contributed by atoms with Crippen LogP contribution in [0.3, 0.4) is 0 Å². The predicted molar refractivity (Wildman–Crippen MR) is 93.9 cm³/mol. The molecule has 1 N–H and O–H groups in total. The van der Waals surface area contributed by atoms with Crippen molar-refractivity contribution < 1.29 is 9.59 Å². The summed E-state index contributed by atoms with van der Waals surface area (Å²) < 4.78 is 0. The standard InChI is InChI=1S/C19H25N3O2/c1-18(2,3)15-9-7-14(8-10-15)13-20-22-16(23)19(21-17(22)24)11-5-4-6-12-19/h7-10,13H,4-6,11-12H2,1-3H3,(H,21,24). The van der Waals surface area contributed by atoms with Crippen LogP contribution in [-0.4, -0.2) is 28.7 Å². The van der Waals surface area contributed by atoms with Gasteiger partial charge in [0.2, 0.25) is 0 Å². The third-order valence-corrected chi connectivity index (χ3v) is 4.95. The number of benzene rings is 1. The normalized spacial score (nSPS) is 20.9. The minimum Gasteiger partial charge on any atom is -0.321 e. The van der Waals surface area contributed by atoms with Crippen LogP contribution in [0.25, 0.3) is 0 Å². The van der Waals surface area contributed by atoms with Crippen molar-refractivity contribution in [3.05, 3.63) is 35.4 Å². The van der Waals surface area contributed by atoms with Gasteiger partial charge in [-0.1, -0.05) is 64.3 Å². The minimum atomic E-state index is -0.719. The Morgan fingerprint density at radius 1 is 1.08 bits per heavy atom. The van der Waals surface area contributed by atoms with Crippen molar-refractivity contribution in [3.63, 3.8) is 0 Å². The van der Waals surface area contributed by atoms with Crippen LogP contribution in [0.15, 0.2) is 29.4 Å². The van der Waals surface area contributed by atoms with Crippen molar-refractivity contribution in [3.8, 4) is 0 Å². The molecule has 2 fully saturated rings. The number of nitrogens with zero attached hydrogens (tertiary/aromatic N) is 2. The summed E-state index contributed by atoms with van der Waals surface area (Å²) in [5, 5.41) is 7.99. The third-order valence-electron chi connectivity index (χ3n) is 4.95. The van der Waals surface area contributed by atoms with Crippen LogP contribution in [0.5, 0.6) is 0 Å². The monoisotopic (exact) mass is 327 g/mol. The van der Waals surface area contributed by atoms with Gasteiger partial charge in [0.1, 0.15) is 5.54 Å². The van der Waals surface area contributed by atoms with E-state index < -0.39 is 11.6 Å². The fourth-order valence-electron chi connectivity index (χ4n) is 3.40. The van der Waals surface area contributed by atoms with Crippen molar-refractivity contribution >= 4 is 18.2 Å². The van der Waals surface area contributed by atoms with Crippen molar-refractivity contribution in [2.75, 3.05) is 0 Å². The van der Waals surface area contributed by atoms with Crippen molar-refractivity contribution in [1.82, 2.24) is 10.3 Å². The second kappa shape index (κ2) is 6.04. The molecule has 1 saturated heterocycles. The SMILES string of the molecule is CC(C)(C)c1ccc(C=NN2C(=O)NC3(CCCCC3)C2=O)cc1. The lowest BCUT2D eigenvalue weighted by Gasteiger charge is -2.29. The Balaban J connectivity index is 1.74. The molecule has 2 aliphatic rings. The molecule has 1 aliphatic heterocycles. The van der Waals surface area contributed by atoms with E-state index in [0.717, 1.165) is 29.8 Å².